The van der Waals surface area contributed by atoms with Crippen molar-refractivity contribution in [2.45, 2.75) is 5.23 Å². The summed E-state index contributed by atoms with van der Waals surface area (Å²) in [6, 6.07) is 0. The first-order chi connectivity index (χ1) is 1.00. The second-order valence-electron chi connectivity index (χ2n) is 0. The van der Waals surface area contributed by atoms with Gasteiger partial charge in [-0.25, -0.2) is 0 Å². The van der Waals surface area contributed by atoms with E-state index in [4.69, 9.17) is 0 Å². The Bertz CT molecular complexity index is 6.85. The zero-order valence-electron chi connectivity index (χ0n) is 2.63. The van der Waals surface area contributed by atoms with E-state index in [1.54, 1.807) is 0 Å². The molecule has 0 saturated heterocycles. The number of rotatable bonds is 0. The van der Waals surface area contributed by atoms with E-state index in [2.05, 4.69) is 0 Å². The molecule has 0 amide bonds. The molecule has 0 heterocycles. The molecule has 0 unspecified atom stereocenters. The van der Waals surface area contributed by atoms with Crippen LogP contribution in [0.1, 0.15) is 0 Å². The Morgan fingerprint density at radius 2 is 0.800 bits per heavy atom. The van der Waals surface area contributed by atoms with Gasteiger partial charge in [0, 0.05) is 0 Å². The monoisotopic (exact) mass is 120 g/mol. The van der Waals surface area contributed by atoms with Gasteiger partial charge in [0.2, 0.25) is 0 Å². The molecule has 0 fully saturated rings. The summed E-state index contributed by atoms with van der Waals surface area (Å²) >= 11 is 2.00. The van der Waals surface area contributed by atoms with Gasteiger partial charge in [-0.2, -0.15) is 0 Å². The summed E-state index contributed by atoms with van der Waals surface area (Å²) in [5.41, 5.74) is 0. The fraction of sp³-hybridized carbons (Fsp3) is 1.00. The molecular weight excluding hydrogens is 117 g/mol. The van der Waals surface area contributed by atoms with Crippen LogP contribution in [0.15, 0.2) is 0 Å². The van der Waals surface area contributed by atoms with Gasteiger partial charge in [-0.1, -0.05) is 0 Å². The van der Waals surface area contributed by atoms with Crippen molar-refractivity contribution >= 4 is 0 Å². The molecule has 4 heteroatoms. The summed E-state index contributed by atoms with van der Waals surface area (Å²) in [5.74, 6) is 0. The van der Waals surface area contributed by atoms with Crippen molar-refractivity contribution in [3.05, 3.63) is 0 Å². The fourth-order valence-corrected chi connectivity index (χ4v) is 0. The Labute approximate surface area is 40.5 Å². The van der Waals surface area contributed by atoms with E-state index in [0.717, 1.165) is 0 Å². The molecule has 0 rings (SSSR count). The van der Waals surface area contributed by atoms with Crippen LogP contribution in [0.3, 0.4) is 0 Å². The zero-order chi connectivity index (χ0) is 2.00. The largest absolute Gasteiger partial charge is 1.00 e. The average molecular weight is 120 g/mol. The fourth-order valence-electron chi connectivity index (χ4n) is 0. The maximum absolute atomic E-state index is 2.00. The van der Waals surface area contributed by atoms with Crippen LogP contribution in [0.5, 0.6) is 0 Å². The summed E-state index contributed by atoms with van der Waals surface area (Å²) < 4.78 is 0. The van der Waals surface area contributed by atoms with E-state index in [1.807, 2.05) is 25.7 Å². The first kappa shape index (κ1) is 49.4. The van der Waals surface area contributed by atoms with Gasteiger partial charge in [-0.05, 0) is 0 Å². The van der Waals surface area contributed by atoms with Crippen LogP contribution in [0.2, 0.25) is 5.23 Å². The van der Waals surface area contributed by atoms with Gasteiger partial charge in [0.1, 0.15) is 0 Å². The van der Waals surface area contributed by atoms with Crippen LogP contribution in [0.4, 0.5) is 0 Å². The molecular formula is CH3F3Ti. The quantitative estimate of drug-likeness (QED) is 0.278. The molecule has 5 heavy (non-hydrogen) atoms. The second kappa shape index (κ2) is 218. The molecule has 0 atom stereocenters. The first-order valence-electron chi connectivity index (χ1n) is 0.500. The third kappa shape index (κ3) is 111. The van der Waals surface area contributed by atoms with Crippen molar-refractivity contribution in [2.24, 2.45) is 0 Å². The SMILES string of the molecule is [CH3][Ti+3].[F-].[F-].[F-]. The van der Waals surface area contributed by atoms with E-state index in [-0.39, 0.29) is 14.1 Å². The van der Waals surface area contributed by atoms with Crippen LogP contribution in [0.25, 0.3) is 0 Å². The molecule has 0 aromatic heterocycles. The maximum Gasteiger partial charge on any atom is -1.00 e. The summed E-state index contributed by atoms with van der Waals surface area (Å²) in [6.45, 7) is 0. The molecule has 0 aliphatic heterocycles. The number of hydrogen-bond acceptors (Lipinski definition) is 0. The van der Waals surface area contributed by atoms with E-state index in [0.29, 0.717) is 0 Å². The second-order valence-corrected chi connectivity index (χ2v) is 0. The van der Waals surface area contributed by atoms with E-state index in [9.17, 15) is 0 Å². The zero-order valence-corrected chi connectivity index (χ0v) is 4.20. The van der Waals surface area contributed by atoms with Gasteiger partial charge < -0.3 is 14.1 Å². The van der Waals surface area contributed by atoms with Crippen molar-refractivity contribution in [1.82, 2.24) is 0 Å². The molecule has 0 bridgehead atoms. The van der Waals surface area contributed by atoms with Gasteiger partial charge >= 0.3 is 25.7 Å². The van der Waals surface area contributed by atoms with Crippen LogP contribution >= 0.6 is 0 Å². The van der Waals surface area contributed by atoms with Gasteiger partial charge in [-0.3, -0.25) is 0 Å². The molecule has 0 spiro atoms. The van der Waals surface area contributed by atoms with Gasteiger partial charge in [0.15, 0.2) is 0 Å². The number of halogens is 3. The van der Waals surface area contributed by atoms with E-state index in [1.165, 1.54) is 0 Å². The third-order valence-corrected chi connectivity index (χ3v) is 0. The van der Waals surface area contributed by atoms with Crippen LogP contribution in [-0.4, -0.2) is 0 Å². The number of hydrogen-bond donors (Lipinski definition) is 0. The Morgan fingerprint density at radius 1 is 0.800 bits per heavy atom. The van der Waals surface area contributed by atoms with Crippen molar-refractivity contribution < 1.29 is 34.5 Å². The molecule has 0 aliphatic carbocycles. The Kier molecular flexibility index (Phi) is 2150. The van der Waals surface area contributed by atoms with Gasteiger partial charge in [-0.15, -0.1) is 0 Å². The first-order valence-corrected chi connectivity index (χ1v) is 2.06. The summed E-state index contributed by atoms with van der Waals surface area (Å²) in [4.78, 5) is 0. The molecule has 0 saturated carbocycles. The normalized spacial score (nSPS) is 1.40. The topological polar surface area (TPSA) is 0 Å². The minimum atomic E-state index is 0. The van der Waals surface area contributed by atoms with Gasteiger partial charge in [0.05, 0.1) is 0 Å². The molecule has 0 nitrogen and oxygen atoms in total. The Hall–Kier alpha value is 0.504. The third-order valence-electron chi connectivity index (χ3n) is 0. The Morgan fingerprint density at radius 3 is 0.800 bits per heavy atom. The van der Waals surface area contributed by atoms with E-state index >= 15 is 0 Å². The predicted octanol–water partition coefficient (Wildman–Crippen LogP) is -8.41. The van der Waals surface area contributed by atoms with Gasteiger partial charge in [0.25, 0.3) is 0 Å². The molecule has 0 aliphatic rings. The molecule has 32 valence electrons. The Balaban J connectivity index is -0.00000000167. The van der Waals surface area contributed by atoms with Crippen LogP contribution < -0.4 is 14.1 Å². The minimum absolute atomic E-state index is 0. The van der Waals surface area contributed by atoms with Crippen molar-refractivity contribution in [2.75, 3.05) is 0 Å². The minimum Gasteiger partial charge on any atom is -1.00 e. The van der Waals surface area contributed by atoms with Crippen LogP contribution in [0, 0.1) is 0 Å². The van der Waals surface area contributed by atoms with Crippen molar-refractivity contribution in [3.8, 4) is 0 Å². The predicted molar refractivity (Wildman–Crippen MR) is 5.86 cm³/mol. The summed E-state index contributed by atoms with van der Waals surface area (Å²) in [5, 5.41) is 2.00. The molecule has 0 N–H and O–H groups in total. The molecule has 0 aromatic carbocycles. The molecule has 0 aromatic rings. The molecule has 0 radical (unpaired) electrons. The summed E-state index contributed by atoms with van der Waals surface area (Å²) in [6.07, 6.45) is 0. The van der Waals surface area contributed by atoms with Crippen molar-refractivity contribution in [3.63, 3.8) is 0 Å². The summed E-state index contributed by atoms with van der Waals surface area (Å²) in [7, 11) is 0. The standard InChI is InChI=1S/CH3.3FH.Ti/h1H3;3*1H;/q;;;;+3/p-3. The average Bonchev–Trinajstić information content (AvgIpc) is 1.00. The van der Waals surface area contributed by atoms with E-state index < -0.39 is 0 Å². The van der Waals surface area contributed by atoms with Crippen molar-refractivity contribution in [1.29, 1.82) is 0 Å². The smallest absolute Gasteiger partial charge is 1.00 e. The maximum atomic E-state index is 2.00. The van der Waals surface area contributed by atoms with Crippen LogP contribution in [-0.2, 0) is 20.4 Å².